The molecule has 1 aromatic rings. The summed E-state index contributed by atoms with van der Waals surface area (Å²) in [7, 11) is 0. The summed E-state index contributed by atoms with van der Waals surface area (Å²) in [5.74, 6) is 0.524. The Bertz CT molecular complexity index is 345. The van der Waals surface area contributed by atoms with E-state index in [9.17, 15) is 4.79 Å². The lowest BCUT2D eigenvalue weighted by atomic mass is 9.88. The van der Waals surface area contributed by atoms with Crippen molar-refractivity contribution in [3.05, 3.63) is 34.3 Å². The summed E-state index contributed by atoms with van der Waals surface area (Å²) in [6, 6.07) is 7.84. The summed E-state index contributed by atoms with van der Waals surface area (Å²) in [6.45, 7) is 4.51. The molecule has 0 aliphatic heterocycles. The zero-order chi connectivity index (χ0) is 12.1. The second-order valence-corrected chi connectivity index (χ2v) is 5.27. The van der Waals surface area contributed by atoms with Crippen LogP contribution in [0.25, 0.3) is 0 Å². The van der Waals surface area contributed by atoms with Crippen LogP contribution in [-0.2, 0) is 11.2 Å². The fourth-order valence-electron chi connectivity index (χ4n) is 1.71. The van der Waals surface area contributed by atoms with E-state index >= 15 is 0 Å². The van der Waals surface area contributed by atoms with Crippen LogP contribution >= 0.6 is 15.9 Å². The Morgan fingerprint density at radius 3 is 2.31 bits per heavy atom. The van der Waals surface area contributed by atoms with Gasteiger partial charge in [-0.1, -0.05) is 41.9 Å². The Kier molecular flexibility index (Phi) is 5.16. The van der Waals surface area contributed by atoms with Crippen LogP contribution < -0.4 is 5.73 Å². The highest BCUT2D eigenvalue weighted by molar-refractivity contribution is 9.10. The van der Waals surface area contributed by atoms with Crippen molar-refractivity contribution in [3.8, 4) is 0 Å². The molecule has 16 heavy (non-hydrogen) atoms. The SMILES string of the molecule is CC(C)C(CN)C(=O)Cc1ccc(Br)cc1. The number of nitrogens with two attached hydrogens (primary N) is 1. The van der Waals surface area contributed by atoms with E-state index in [1.54, 1.807) is 0 Å². The van der Waals surface area contributed by atoms with Crippen molar-refractivity contribution in [1.29, 1.82) is 0 Å². The Balaban J connectivity index is 2.66. The highest BCUT2D eigenvalue weighted by atomic mass is 79.9. The van der Waals surface area contributed by atoms with E-state index in [1.807, 2.05) is 38.1 Å². The van der Waals surface area contributed by atoms with Crippen LogP contribution in [0.1, 0.15) is 19.4 Å². The minimum atomic E-state index is -0.0244. The molecule has 2 nitrogen and oxygen atoms in total. The van der Waals surface area contributed by atoms with Gasteiger partial charge in [-0.15, -0.1) is 0 Å². The minimum Gasteiger partial charge on any atom is -0.330 e. The van der Waals surface area contributed by atoms with Crippen LogP contribution in [0.2, 0.25) is 0 Å². The number of benzene rings is 1. The first-order valence-electron chi connectivity index (χ1n) is 5.51. The first-order chi connectivity index (χ1) is 7.54. The molecule has 88 valence electrons. The van der Waals surface area contributed by atoms with Crippen LogP contribution in [0.5, 0.6) is 0 Å². The maximum atomic E-state index is 12.0. The standard InChI is InChI=1S/C13H18BrNO/c1-9(2)12(8-15)13(16)7-10-3-5-11(14)6-4-10/h3-6,9,12H,7-8,15H2,1-2H3. The predicted octanol–water partition coefficient (Wildman–Crippen LogP) is 2.79. The Morgan fingerprint density at radius 1 is 1.31 bits per heavy atom. The van der Waals surface area contributed by atoms with Crippen molar-refractivity contribution in [2.24, 2.45) is 17.6 Å². The molecule has 0 radical (unpaired) electrons. The molecule has 1 atom stereocenters. The zero-order valence-electron chi connectivity index (χ0n) is 9.74. The molecule has 1 rings (SSSR count). The van der Waals surface area contributed by atoms with E-state index in [-0.39, 0.29) is 11.7 Å². The van der Waals surface area contributed by atoms with Gasteiger partial charge in [0.15, 0.2) is 0 Å². The Labute approximate surface area is 105 Å². The van der Waals surface area contributed by atoms with Gasteiger partial charge in [0.05, 0.1) is 0 Å². The molecule has 1 unspecified atom stereocenters. The van der Waals surface area contributed by atoms with Crippen molar-refractivity contribution in [1.82, 2.24) is 0 Å². The van der Waals surface area contributed by atoms with Gasteiger partial charge >= 0.3 is 0 Å². The molecule has 0 fully saturated rings. The van der Waals surface area contributed by atoms with E-state index in [0.29, 0.717) is 18.9 Å². The van der Waals surface area contributed by atoms with Crippen LogP contribution in [0.15, 0.2) is 28.7 Å². The van der Waals surface area contributed by atoms with Gasteiger partial charge in [0.1, 0.15) is 5.78 Å². The third kappa shape index (κ3) is 3.72. The van der Waals surface area contributed by atoms with Crippen molar-refractivity contribution in [3.63, 3.8) is 0 Å². The van der Waals surface area contributed by atoms with Gasteiger partial charge < -0.3 is 5.73 Å². The smallest absolute Gasteiger partial charge is 0.141 e. The summed E-state index contributed by atoms with van der Waals surface area (Å²) in [6.07, 6.45) is 0.479. The number of carbonyl (C=O) groups excluding carboxylic acids is 1. The van der Waals surface area contributed by atoms with Gasteiger partial charge in [0.2, 0.25) is 0 Å². The third-order valence-corrected chi connectivity index (χ3v) is 3.29. The van der Waals surface area contributed by atoms with Crippen LogP contribution in [0.3, 0.4) is 0 Å². The average molecular weight is 284 g/mol. The van der Waals surface area contributed by atoms with Gasteiger partial charge in [-0.05, 0) is 23.6 Å². The summed E-state index contributed by atoms with van der Waals surface area (Å²) >= 11 is 3.37. The maximum absolute atomic E-state index is 12.0. The predicted molar refractivity (Wildman–Crippen MR) is 70.2 cm³/mol. The molecule has 0 saturated carbocycles. The van der Waals surface area contributed by atoms with Gasteiger partial charge in [-0.2, -0.15) is 0 Å². The number of carbonyl (C=O) groups is 1. The van der Waals surface area contributed by atoms with Crippen molar-refractivity contribution in [2.75, 3.05) is 6.54 Å². The molecule has 0 spiro atoms. The monoisotopic (exact) mass is 283 g/mol. The fourth-order valence-corrected chi connectivity index (χ4v) is 1.97. The topological polar surface area (TPSA) is 43.1 Å². The second kappa shape index (κ2) is 6.16. The molecule has 2 N–H and O–H groups in total. The lowest BCUT2D eigenvalue weighted by molar-refractivity contribution is -0.123. The molecule has 0 aliphatic carbocycles. The summed E-state index contributed by atoms with van der Waals surface area (Å²) in [4.78, 5) is 12.0. The molecule has 0 bridgehead atoms. The van der Waals surface area contributed by atoms with Gasteiger partial charge in [-0.3, -0.25) is 4.79 Å². The van der Waals surface area contributed by atoms with Crippen molar-refractivity contribution < 1.29 is 4.79 Å². The summed E-state index contributed by atoms with van der Waals surface area (Å²) in [5.41, 5.74) is 6.67. The molecule has 0 amide bonds. The van der Waals surface area contributed by atoms with E-state index in [4.69, 9.17) is 5.73 Å². The van der Waals surface area contributed by atoms with Crippen LogP contribution in [0, 0.1) is 11.8 Å². The minimum absolute atomic E-state index is 0.0244. The Morgan fingerprint density at radius 2 is 1.88 bits per heavy atom. The fraction of sp³-hybridized carbons (Fsp3) is 0.462. The first-order valence-corrected chi connectivity index (χ1v) is 6.31. The van der Waals surface area contributed by atoms with Crippen molar-refractivity contribution >= 4 is 21.7 Å². The number of hydrogen-bond acceptors (Lipinski definition) is 2. The van der Waals surface area contributed by atoms with Gasteiger partial charge in [0.25, 0.3) is 0 Å². The second-order valence-electron chi connectivity index (χ2n) is 4.36. The van der Waals surface area contributed by atoms with Crippen LogP contribution in [0.4, 0.5) is 0 Å². The van der Waals surface area contributed by atoms with E-state index in [0.717, 1.165) is 10.0 Å². The Hall–Kier alpha value is -0.670. The first kappa shape index (κ1) is 13.4. The number of hydrogen-bond donors (Lipinski definition) is 1. The van der Waals surface area contributed by atoms with E-state index < -0.39 is 0 Å². The molecule has 0 aliphatic rings. The molecule has 0 aromatic heterocycles. The van der Waals surface area contributed by atoms with E-state index in [1.165, 1.54) is 0 Å². The third-order valence-electron chi connectivity index (χ3n) is 2.76. The largest absolute Gasteiger partial charge is 0.330 e. The number of rotatable bonds is 5. The number of halogens is 1. The maximum Gasteiger partial charge on any atom is 0.141 e. The average Bonchev–Trinajstić information content (AvgIpc) is 2.22. The molecular formula is C13H18BrNO. The molecule has 3 heteroatoms. The summed E-state index contributed by atoms with van der Waals surface area (Å²) in [5, 5.41) is 0. The quantitative estimate of drug-likeness (QED) is 0.903. The lowest BCUT2D eigenvalue weighted by Gasteiger charge is -2.17. The van der Waals surface area contributed by atoms with Crippen LogP contribution in [-0.4, -0.2) is 12.3 Å². The summed E-state index contributed by atoms with van der Waals surface area (Å²) < 4.78 is 1.03. The van der Waals surface area contributed by atoms with Crippen molar-refractivity contribution in [2.45, 2.75) is 20.3 Å². The highest BCUT2D eigenvalue weighted by Crippen LogP contribution is 2.16. The normalized spacial score (nSPS) is 12.8. The molecular weight excluding hydrogens is 266 g/mol. The molecule has 0 saturated heterocycles. The van der Waals surface area contributed by atoms with Gasteiger partial charge in [0, 0.05) is 23.4 Å². The zero-order valence-corrected chi connectivity index (χ0v) is 11.3. The highest BCUT2D eigenvalue weighted by Gasteiger charge is 2.20. The number of ketones is 1. The number of Topliss-reactive ketones (excluding diaryl/α,β-unsaturated/α-hetero) is 1. The van der Waals surface area contributed by atoms with Gasteiger partial charge in [-0.25, -0.2) is 0 Å². The lowest BCUT2D eigenvalue weighted by Crippen LogP contribution is -2.29. The molecule has 0 heterocycles. The van der Waals surface area contributed by atoms with E-state index in [2.05, 4.69) is 15.9 Å². The molecule has 1 aromatic carbocycles.